The minimum atomic E-state index is 0.236. The molecular formula is C20H38N2O. The van der Waals surface area contributed by atoms with Gasteiger partial charge in [0, 0.05) is 24.9 Å². The van der Waals surface area contributed by atoms with Crippen LogP contribution >= 0.6 is 0 Å². The summed E-state index contributed by atoms with van der Waals surface area (Å²) in [7, 11) is 0. The fraction of sp³-hybridized carbons (Fsp3) is 0.950. The van der Waals surface area contributed by atoms with E-state index in [0.29, 0.717) is 23.7 Å². The number of carbonyl (C=O) groups is 1. The van der Waals surface area contributed by atoms with E-state index in [9.17, 15) is 4.79 Å². The third-order valence-electron chi connectivity index (χ3n) is 6.47. The fourth-order valence-corrected chi connectivity index (χ4v) is 4.38. The molecule has 3 heteroatoms. The fourth-order valence-electron chi connectivity index (χ4n) is 4.38. The van der Waals surface area contributed by atoms with Gasteiger partial charge in [-0.3, -0.25) is 4.79 Å². The average molecular weight is 323 g/mol. The van der Waals surface area contributed by atoms with E-state index in [2.05, 4.69) is 31.0 Å². The first kappa shape index (κ1) is 18.9. The van der Waals surface area contributed by atoms with Crippen LogP contribution < -0.4 is 5.32 Å². The highest BCUT2D eigenvalue weighted by Crippen LogP contribution is 2.44. The van der Waals surface area contributed by atoms with Crippen LogP contribution in [0.1, 0.15) is 78.6 Å². The maximum absolute atomic E-state index is 11.9. The summed E-state index contributed by atoms with van der Waals surface area (Å²) >= 11 is 0. The van der Waals surface area contributed by atoms with Crippen LogP contribution in [0.15, 0.2) is 0 Å². The Morgan fingerprint density at radius 2 is 1.83 bits per heavy atom. The van der Waals surface area contributed by atoms with E-state index >= 15 is 0 Å². The third kappa shape index (κ3) is 5.56. The van der Waals surface area contributed by atoms with Gasteiger partial charge in [-0.15, -0.1) is 0 Å². The predicted octanol–water partition coefficient (Wildman–Crippen LogP) is 4.02. The summed E-state index contributed by atoms with van der Waals surface area (Å²) < 4.78 is 0. The summed E-state index contributed by atoms with van der Waals surface area (Å²) in [6.07, 6.45) is 11.2. The number of ketones is 1. The van der Waals surface area contributed by atoms with Crippen LogP contribution in [-0.2, 0) is 4.79 Å². The summed E-state index contributed by atoms with van der Waals surface area (Å²) in [5, 5.41) is 3.65. The van der Waals surface area contributed by atoms with Crippen molar-refractivity contribution in [1.82, 2.24) is 10.2 Å². The van der Waals surface area contributed by atoms with E-state index in [0.717, 1.165) is 13.0 Å². The van der Waals surface area contributed by atoms with Crippen molar-refractivity contribution in [1.29, 1.82) is 0 Å². The second-order valence-electron chi connectivity index (χ2n) is 8.10. The molecule has 1 aliphatic heterocycles. The minimum Gasteiger partial charge on any atom is -0.314 e. The zero-order valence-electron chi connectivity index (χ0n) is 15.7. The number of nitrogens with zero attached hydrogens (tertiary/aromatic N) is 1. The molecule has 1 saturated heterocycles. The van der Waals surface area contributed by atoms with Gasteiger partial charge in [0.2, 0.25) is 0 Å². The van der Waals surface area contributed by atoms with Gasteiger partial charge in [-0.25, -0.2) is 0 Å². The Morgan fingerprint density at radius 3 is 2.39 bits per heavy atom. The van der Waals surface area contributed by atoms with Crippen molar-refractivity contribution in [2.45, 2.75) is 84.6 Å². The highest BCUT2D eigenvalue weighted by Gasteiger charge is 2.37. The maximum Gasteiger partial charge on any atom is 0.136 e. The summed E-state index contributed by atoms with van der Waals surface area (Å²) in [5.74, 6) is 0.662. The monoisotopic (exact) mass is 322 g/mol. The molecule has 0 bridgehead atoms. The van der Waals surface area contributed by atoms with Crippen LogP contribution in [-0.4, -0.2) is 42.9 Å². The quantitative estimate of drug-likeness (QED) is 0.732. The molecule has 1 heterocycles. The van der Waals surface area contributed by atoms with E-state index in [-0.39, 0.29) is 5.92 Å². The third-order valence-corrected chi connectivity index (χ3v) is 6.47. The summed E-state index contributed by atoms with van der Waals surface area (Å²) in [4.78, 5) is 14.5. The molecule has 1 saturated carbocycles. The van der Waals surface area contributed by atoms with E-state index in [4.69, 9.17) is 0 Å². The molecule has 2 fully saturated rings. The lowest BCUT2D eigenvalue weighted by molar-refractivity contribution is -0.122. The summed E-state index contributed by atoms with van der Waals surface area (Å²) in [6.45, 7) is 11.2. The largest absolute Gasteiger partial charge is 0.314 e. The van der Waals surface area contributed by atoms with Crippen molar-refractivity contribution < 1.29 is 4.79 Å². The van der Waals surface area contributed by atoms with Gasteiger partial charge < -0.3 is 10.2 Å². The number of rotatable bonds is 8. The van der Waals surface area contributed by atoms with Crippen molar-refractivity contribution in [3.8, 4) is 0 Å². The van der Waals surface area contributed by atoms with E-state index < -0.39 is 0 Å². The Labute approximate surface area is 143 Å². The average Bonchev–Trinajstić information content (AvgIpc) is 2.58. The smallest absolute Gasteiger partial charge is 0.136 e. The number of likely N-dealkylation sites (tertiary alicyclic amines) is 1. The number of nitrogens with one attached hydrogen (secondary N) is 1. The van der Waals surface area contributed by atoms with Gasteiger partial charge in [0.05, 0.1) is 0 Å². The Hall–Kier alpha value is -0.410. The topological polar surface area (TPSA) is 32.3 Å². The van der Waals surface area contributed by atoms with Gasteiger partial charge in [0.1, 0.15) is 5.78 Å². The first-order valence-corrected chi connectivity index (χ1v) is 10.1. The van der Waals surface area contributed by atoms with Crippen LogP contribution in [0.3, 0.4) is 0 Å². The number of carbonyl (C=O) groups excluding carboxylic acids is 1. The first-order chi connectivity index (χ1) is 11.1. The maximum atomic E-state index is 11.9. The summed E-state index contributed by atoms with van der Waals surface area (Å²) in [6, 6.07) is 0.652. The van der Waals surface area contributed by atoms with E-state index in [1.54, 1.807) is 0 Å². The molecule has 1 atom stereocenters. The van der Waals surface area contributed by atoms with Crippen molar-refractivity contribution in [2.75, 3.05) is 26.2 Å². The number of hydrogen-bond donors (Lipinski definition) is 1. The second kappa shape index (κ2) is 9.17. The number of Topliss-reactive ketones (excluding diaryl/α,β-unsaturated/α-hetero) is 1. The number of hydrogen-bond acceptors (Lipinski definition) is 3. The van der Waals surface area contributed by atoms with Gasteiger partial charge in [-0.05, 0) is 76.4 Å². The van der Waals surface area contributed by atoms with Crippen LogP contribution in [0.25, 0.3) is 0 Å². The molecule has 23 heavy (non-hydrogen) atoms. The van der Waals surface area contributed by atoms with Gasteiger partial charge in [0.15, 0.2) is 0 Å². The van der Waals surface area contributed by atoms with Crippen LogP contribution in [0.4, 0.5) is 0 Å². The molecule has 1 N–H and O–H groups in total. The molecular weight excluding hydrogens is 284 g/mol. The van der Waals surface area contributed by atoms with Crippen molar-refractivity contribution in [2.24, 2.45) is 11.3 Å². The Bertz CT molecular complexity index is 351. The van der Waals surface area contributed by atoms with Crippen molar-refractivity contribution in [3.05, 3.63) is 0 Å². The van der Waals surface area contributed by atoms with Crippen molar-refractivity contribution >= 4 is 5.78 Å². The lowest BCUT2D eigenvalue weighted by atomic mass is 9.67. The van der Waals surface area contributed by atoms with E-state index in [1.807, 2.05) is 0 Å². The molecule has 0 radical (unpaired) electrons. The molecule has 1 aliphatic carbocycles. The Balaban J connectivity index is 1.64. The van der Waals surface area contributed by atoms with Crippen LogP contribution in [0, 0.1) is 11.3 Å². The Kier molecular flexibility index (Phi) is 7.55. The molecule has 0 aromatic rings. The lowest BCUT2D eigenvalue weighted by Gasteiger charge is -2.46. The highest BCUT2D eigenvalue weighted by molar-refractivity contribution is 5.80. The zero-order chi connectivity index (χ0) is 16.7. The summed E-state index contributed by atoms with van der Waals surface area (Å²) in [5.41, 5.74) is 0.648. The predicted molar refractivity (Wildman–Crippen MR) is 97.7 cm³/mol. The van der Waals surface area contributed by atoms with Crippen LogP contribution in [0.2, 0.25) is 0 Å². The zero-order valence-corrected chi connectivity index (χ0v) is 15.7. The second-order valence-corrected chi connectivity index (χ2v) is 8.10. The molecule has 0 amide bonds. The normalized spacial score (nSPS) is 24.0. The van der Waals surface area contributed by atoms with Gasteiger partial charge in [-0.2, -0.15) is 0 Å². The van der Waals surface area contributed by atoms with Gasteiger partial charge in [-0.1, -0.05) is 20.8 Å². The van der Waals surface area contributed by atoms with Gasteiger partial charge >= 0.3 is 0 Å². The molecule has 0 aromatic carbocycles. The Morgan fingerprint density at radius 1 is 1.17 bits per heavy atom. The van der Waals surface area contributed by atoms with E-state index in [1.165, 1.54) is 64.6 Å². The molecule has 2 rings (SSSR count). The van der Waals surface area contributed by atoms with Crippen LogP contribution in [0.5, 0.6) is 0 Å². The molecule has 134 valence electrons. The van der Waals surface area contributed by atoms with Crippen molar-refractivity contribution in [3.63, 3.8) is 0 Å². The number of piperidine rings is 1. The standard InChI is InChI=1S/C20H38N2O/c1-4-14-22-15-11-20(12-16-22)9-6-18(7-10-20)21-13-8-19(23)17(3)5-2/h17-18,21H,4-16H2,1-3H3. The molecule has 1 unspecified atom stereocenters. The molecule has 3 nitrogen and oxygen atoms in total. The molecule has 1 spiro atoms. The van der Waals surface area contributed by atoms with Gasteiger partial charge in [0.25, 0.3) is 0 Å². The molecule has 2 aliphatic rings. The first-order valence-electron chi connectivity index (χ1n) is 10.1. The lowest BCUT2D eigenvalue weighted by Crippen LogP contribution is -2.45. The highest BCUT2D eigenvalue weighted by atomic mass is 16.1. The minimum absolute atomic E-state index is 0.236. The SMILES string of the molecule is CCCN1CCC2(CCC(NCCC(=O)C(C)CC)CC2)CC1. The molecule has 0 aromatic heterocycles.